The zero-order chi connectivity index (χ0) is 10.6. The molecule has 0 aliphatic rings. The summed E-state index contributed by atoms with van der Waals surface area (Å²) < 4.78 is 0. The van der Waals surface area contributed by atoms with Crippen LogP contribution in [0.15, 0.2) is 11.4 Å². The molecule has 0 spiro atoms. The summed E-state index contributed by atoms with van der Waals surface area (Å²) in [7, 11) is 0. The maximum absolute atomic E-state index is 11.7. The average molecular weight is 211 g/mol. The molecule has 0 amide bonds. The minimum Gasteiger partial charge on any atom is -0.314 e. The molecule has 0 bridgehead atoms. The first-order valence-corrected chi connectivity index (χ1v) is 5.80. The topological polar surface area (TPSA) is 29.1 Å². The quantitative estimate of drug-likeness (QED) is 0.759. The number of carbonyl (C=O) groups excluding carboxylic acids is 1. The Morgan fingerprint density at radius 3 is 2.79 bits per heavy atom. The van der Waals surface area contributed by atoms with Crippen LogP contribution in [0.4, 0.5) is 0 Å². The van der Waals surface area contributed by atoms with Crippen LogP contribution in [0.1, 0.15) is 35.5 Å². The minimum absolute atomic E-state index is 0.247. The molecular formula is C11H17NOS. The Balaban J connectivity index is 2.40. The van der Waals surface area contributed by atoms with Crippen LogP contribution in [-0.4, -0.2) is 18.4 Å². The lowest BCUT2D eigenvalue weighted by atomic mass is 10.1. The molecule has 14 heavy (non-hydrogen) atoms. The lowest BCUT2D eigenvalue weighted by Gasteiger charge is -2.06. The van der Waals surface area contributed by atoms with Crippen LogP contribution in [-0.2, 0) is 0 Å². The summed E-state index contributed by atoms with van der Waals surface area (Å²) in [6.45, 7) is 6.93. The highest BCUT2D eigenvalue weighted by Gasteiger charge is 2.09. The predicted molar refractivity (Wildman–Crippen MR) is 61.1 cm³/mol. The van der Waals surface area contributed by atoms with Crippen molar-refractivity contribution in [3.05, 3.63) is 21.9 Å². The van der Waals surface area contributed by atoms with Crippen LogP contribution in [0, 0.1) is 6.92 Å². The van der Waals surface area contributed by atoms with E-state index in [1.54, 1.807) is 11.3 Å². The van der Waals surface area contributed by atoms with Gasteiger partial charge in [0.2, 0.25) is 0 Å². The van der Waals surface area contributed by atoms with Crippen LogP contribution < -0.4 is 5.32 Å². The molecule has 1 aromatic rings. The molecule has 0 aliphatic carbocycles. The number of ketones is 1. The largest absolute Gasteiger partial charge is 0.314 e. The second-order valence-electron chi connectivity index (χ2n) is 3.67. The Hall–Kier alpha value is -0.670. The third-order valence-corrected chi connectivity index (χ3v) is 2.91. The van der Waals surface area contributed by atoms with Crippen molar-refractivity contribution in [2.45, 2.75) is 33.2 Å². The van der Waals surface area contributed by atoms with Gasteiger partial charge in [-0.25, -0.2) is 0 Å². The predicted octanol–water partition coefficient (Wildman–Crippen LogP) is 2.63. The average Bonchev–Trinajstić information content (AvgIpc) is 2.50. The Bertz CT molecular complexity index is 304. The van der Waals surface area contributed by atoms with E-state index in [-0.39, 0.29) is 5.78 Å². The van der Waals surface area contributed by atoms with E-state index in [0.29, 0.717) is 12.5 Å². The fourth-order valence-corrected chi connectivity index (χ4v) is 2.00. The second kappa shape index (κ2) is 5.27. The van der Waals surface area contributed by atoms with Crippen LogP contribution in [0.3, 0.4) is 0 Å². The van der Waals surface area contributed by atoms with Gasteiger partial charge in [0, 0.05) is 29.4 Å². The van der Waals surface area contributed by atoms with Gasteiger partial charge >= 0.3 is 0 Å². The lowest BCUT2D eigenvalue weighted by molar-refractivity contribution is 0.0982. The third kappa shape index (κ3) is 3.24. The highest BCUT2D eigenvalue weighted by Crippen LogP contribution is 2.16. The smallest absolute Gasteiger partial charge is 0.165 e. The van der Waals surface area contributed by atoms with Gasteiger partial charge in [0.05, 0.1) is 0 Å². The highest BCUT2D eigenvalue weighted by molar-refractivity contribution is 7.10. The van der Waals surface area contributed by atoms with Gasteiger partial charge in [0.15, 0.2) is 5.78 Å². The molecule has 0 aliphatic heterocycles. The SMILES string of the molecule is Cc1sccc1C(=O)CCNC(C)C. The molecule has 1 rings (SSSR count). The van der Waals surface area contributed by atoms with E-state index in [1.807, 2.05) is 18.4 Å². The molecule has 0 fully saturated rings. The fourth-order valence-electron chi connectivity index (χ4n) is 1.28. The normalized spacial score (nSPS) is 10.9. The summed E-state index contributed by atoms with van der Waals surface area (Å²) in [6.07, 6.45) is 0.593. The summed E-state index contributed by atoms with van der Waals surface area (Å²) in [5, 5.41) is 5.21. The van der Waals surface area contributed by atoms with Crippen molar-refractivity contribution >= 4 is 17.1 Å². The van der Waals surface area contributed by atoms with Gasteiger partial charge in [-0.3, -0.25) is 4.79 Å². The molecule has 2 nitrogen and oxygen atoms in total. The number of aryl methyl sites for hydroxylation is 1. The van der Waals surface area contributed by atoms with Crippen LogP contribution in [0.25, 0.3) is 0 Å². The number of carbonyl (C=O) groups is 1. The molecule has 0 saturated carbocycles. The van der Waals surface area contributed by atoms with Crippen molar-refractivity contribution in [2.75, 3.05) is 6.54 Å². The lowest BCUT2D eigenvalue weighted by Crippen LogP contribution is -2.25. The van der Waals surface area contributed by atoms with Gasteiger partial charge in [0.25, 0.3) is 0 Å². The minimum atomic E-state index is 0.247. The number of nitrogens with one attached hydrogen (secondary N) is 1. The van der Waals surface area contributed by atoms with E-state index in [9.17, 15) is 4.79 Å². The number of hydrogen-bond acceptors (Lipinski definition) is 3. The fraction of sp³-hybridized carbons (Fsp3) is 0.545. The summed E-state index contributed by atoms with van der Waals surface area (Å²) in [4.78, 5) is 12.8. The van der Waals surface area contributed by atoms with E-state index in [1.165, 1.54) is 0 Å². The van der Waals surface area contributed by atoms with Gasteiger partial charge in [0.1, 0.15) is 0 Å². The molecule has 0 radical (unpaired) electrons. The van der Waals surface area contributed by atoms with Crippen LogP contribution in [0.5, 0.6) is 0 Å². The molecule has 0 aromatic carbocycles. The van der Waals surface area contributed by atoms with Crippen molar-refractivity contribution in [3.63, 3.8) is 0 Å². The first kappa shape index (κ1) is 11.4. The van der Waals surface area contributed by atoms with Gasteiger partial charge < -0.3 is 5.32 Å². The molecule has 0 saturated heterocycles. The first-order chi connectivity index (χ1) is 6.61. The summed E-state index contributed by atoms with van der Waals surface area (Å²) in [6, 6.07) is 2.36. The van der Waals surface area contributed by atoms with Crippen molar-refractivity contribution in [1.29, 1.82) is 0 Å². The van der Waals surface area contributed by atoms with E-state index in [4.69, 9.17) is 0 Å². The number of hydrogen-bond donors (Lipinski definition) is 1. The maximum Gasteiger partial charge on any atom is 0.165 e. The molecule has 0 atom stereocenters. The standard InChI is InChI=1S/C11H17NOS/c1-8(2)12-6-4-11(13)10-5-7-14-9(10)3/h5,7-8,12H,4,6H2,1-3H3. The van der Waals surface area contributed by atoms with Gasteiger partial charge in [-0.05, 0) is 18.4 Å². The Labute approximate surface area is 89.3 Å². The molecule has 0 unspecified atom stereocenters. The van der Waals surface area contributed by atoms with Gasteiger partial charge in [-0.2, -0.15) is 0 Å². The molecule has 1 heterocycles. The van der Waals surface area contributed by atoms with Gasteiger partial charge in [-0.15, -0.1) is 11.3 Å². The molecule has 1 N–H and O–H groups in total. The number of thiophene rings is 1. The molecular weight excluding hydrogens is 194 g/mol. The molecule has 1 aromatic heterocycles. The van der Waals surface area contributed by atoms with E-state index in [0.717, 1.165) is 17.0 Å². The second-order valence-corrected chi connectivity index (χ2v) is 4.79. The first-order valence-electron chi connectivity index (χ1n) is 4.92. The Kier molecular flexibility index (Phi) is 4.29. The van der Waals surface area contributed by atoms with Crippen molar-refractivity contribution in [1.82, 2.24) is 5.32 Å². The summed E-state index contributed by atoms with van der Waals surface area (Å²) in [5.41, 5.74) is 0.889. The third-order valence-electron chi connectivity index (χ3n) is 2.06. The van der Waals surface area contributed by atoms with Gasteiger partial charge in [-0.1, -0.05) is 13.8 Å². The summed E-state index contributed by atoms with van der Waals surface area (Å²) >= 11 is 1.63. The van der Waals surface area contributed by atoms with Crippen molar-refractivity contribution < 1.29 is 4.79 Å². The van der Waals surface area contributed by atoms with E-state index >= 15 is 0 Å². The van der Waals surface area contributed by atoms with E-state index in [2.05, 4.69) is 19.2 Å². The van der Waals surface area contributed by atoms with Crippen LogP contribution in [0.2, 0.25) is 0 Å². The zero-order valence-corrected chi connectivity index (χ0v) is 9.78. The zero-order valence-electron chi connectivity index (χ0n) is 8.96. The molecule has 78 valence electrons. The van der Waals surface area contributed by atoms with Crippen molar-refractivity contribution in [2.24, 2.45) is 0 Å². The molecule has 3 heteroatoms. The van der Waals surface area contributed by atoms with Crippen molar-refractivity contribution in [3.8, 4) is 0 Å². The summed E-state index contributed by atoms with van der Waals surface area (Å²) in [5.74, 6) is 0.247. The number of rotatable bonds is 5. The Morgan fingerprint density at radius 1 is 1.57 bits per heavy atom. The highest BCUT2D eigenvalue weighted by atomic mass is 32.1. The van der Waals surface area contributed by atoms with Crippen LogP contribution >= 0.6 is 11.3 Å². The monoisotopic (exact) mass is 211 g/mol. The van der Waals surface area contributed by atoms with E-state index < -0.39 is 0 Å². The number of Topliss-reactive ketones (excluding diaryl/α,β-unsaturated/α-hetero) is 1. The Morgan fingerprint density at radius 2 is 2.29 bits per heavy atom. The maximum atomic E-state index is 11.7.